The first-order valence-corrected chi connectivity index (χ1v) is 11.6. The van der Waals surface area contributed by atoms with E-state index in [-0.39, 0.29) is 0 Å². The van der Waals surface area contributed by atoms with Gasteiger partial charge >= 0.3 is 0 Å². The molecule has 0 bridgehead atoms. The SMILES string of the molecule is CCCCCCCCCCCCCCCCN(C)CCCCCCl. The van der Waals surface area contributed by atoms with Crippen LogP contribution in [0.5, 0.6) is 0 Å². The molecule has 24 heavy (non-hydrogen) atoms. The number of hydrogen-bond donors (Lipinski definition) is 0. The fourth-order valence-electron chi connectivity index (χ4n) is 3.34. The lowest BCUT2D eigenvalue weighted by Crippen LogP contribution is -2.20. The molecule has 0 heterocycles. The van der Waals surface area contributed by atoms with Crippen LogP contribution in [-0.2, 0) is 0 Å². The van der Waals surface area contributed by atoms with Gasteiger partial charge in [0.2, 0.25) is 0 Å². The van der Waals surface area contributed by atoms with Crippen molar-refractivity contribution in [2.75, 3.05) is 26.0 Å². The van der Waals surface area contributed by atoms with Gasteiger partial charge in [-0.1, -0.05) is 96.8 Å². The van der Waals surface area contributed by atoms with Gasteiger partial charge in [0, 0.05) is 5.88 Å². The van der Waals surface area contributed by atoms with E-state index in [4.69, 9.17) is 11.6 Å². The van der Waals surface area contributed by atoms with Crippen molar-refractivity contribution >= 4 is 11.6 Å². The van der Waals surface area contributed by atoms with Crippen molar-refractivity contribution in [2.24, 2.45) is 0 Å². The molecule has 1 nitrogen and oxygen atoms in total. The zero-order chi connectivity index (χ0) is 17.7. The first-order valence-electron chi connectivity index (χ1n) is 11.1. The Labute approximate surface area is 158 Å². The van der Waals surface area contributed by atoms with E-state index >= 15 is 0 Å². The minimum absolute atomic E-state index is 0.822. The summed E-state index contributed by atoms with van der Waals surface area (Å²) in [5, 5.41) is 0. The summed E-state index contributed by atoms with van der Waals surface area (Å²) in [5.41, 5.74) is 0. The Hall–Kier alpha value is 0.250. The average molecular weight is 360 g/mol. The van der Waals surface area contributed by atoms with Gasteiger partial charge in [-0.3, -0.25) is 0 Å². The Kier molecular flexibility index (Phi) is 21.5. The smallest absolute Gasteiger partial charge is 0.0223 e. The van der Waals surface area contributed by atoms with Crippen molar-refractivity contribution in [1.29, 1.82) is 0 Å². The number of nitrogens with zero attached hydrogens (tertiary/aromatic N) is 1. The second-order valence-corrected chi connectivity index (χ2v) is 8.03. The van der Waals surface area contributed by atoms with Crippen LogP contribution in [0.3, 0.4) is 0 Å². The van der Waals surface area contributed by atoms with E-state index in [2.05, 4.69) is 18.9 Å². The van der Waals surface area contributed by atoms with Gasteiger partial charge in [-0.15, -0.1) is 11.6 Å². The number of unbranched alkanes of at least 4 members (excludes halogenated alkanes) is 15. The Bertz CT molecular complexity index is 220. The molecular weight excluding hydrogens is 314 g/mol. The molecule has 0 aromatic carbocycles. The summed E-state index contributed by atoms with van der Waals surface area (Å²) in [7, 11) is 2.27. The predicted molar refractivity (Wildman–Crippen MR) is 112 cm³/mol. The second kappa shape index (κ2) is 21.3. The minimum Gasteiger partial charge on any atom is -0.306 e. The van der Waals surface area contributed by atoms with E-state index < -0.39 is 0 Å². The van der Waals surface area contributed by atoms with Gasteiger partial charge in [0.05, 0.1) is 0 Å². The monoisotopic (exact) mass is 359 g/mol. The molecule has 0 aromatic rings. The van der Waals surface area contributed by atoms with Gasteiger partial charge < -0.3 is 4.90 Å². The lowest BCUT2D eigenvalue weighted by Gasteiger charge is -2.16. The molecule has 0 atom stereocenters. The van der Waals surface area contributed by atoms with Crippen molar-refractivity contribution < 1.29 is 0 Å². The summed E-state index contributed by atoms with van der Waals surface area (Å²) in [6, 6.07) is 0. The van der Waals surface area contributed by atoms with Crippen LogP contribution in [0, 0.1) is 0 Å². The summed E-state index contributed by atoms with van der Waals surface area (Å²) < 4.78 is 0. The van der Waals surface area contributed by atoms with Crippen LogP contribution in [0.4, 0.5) is 0 Å². The normalized spacial score (nSPS) is 11.5. The molecular formula is C22H46ClN. The van der Waals surface area contributed by atoms with Gasteiger partial charge in [-0.25, -0.2) is 0 Å². The van der Waals surface area contributed by atoms with Crippen molar-refractivity contribution in [2.45, 2.75) is 116 Å². The molecule has 0 aliphatic rings. The van der Waals surface area contributed by atoms with E-state index in [9.17, 15) is 0 Å². The first-order chi connectivity index (χ1) is 11.8. The standard InChI is InChI=1S/C22H46ClN/c1-3-4-5-6-7-8-9-10-11-12-13-14-15-18-21-24(2)22-19-16-17-20-23/h3-22H2,1-2H3. The minimum atomic E-state index is 0.822. The second-order valence-electron chi connectivity index (χ2n) is 7.65. The maximum absolute atomic E-state index is 5.71. The highest BCUT2D eigenvalue weighted by molar-refractivity contribution is 6.17. The molecule has 0 radical (unpaired) electrons. The third-order valence-corrected chi connectivity index (χ3v) is 5.33. The Morgan fingerprint density at radius 2 is 0.833 bits per heavy atom. The van der Waals surface area contributed by atoms with Gasteiger partial charge in [-0.2, -0.15) is 0 Å². The van der Waals surface area contributed by atoms with Gasteiger partial charge in [-0.05, 0) is 39.4 Å². The van der Waals surface area contributed by atoms with E-state index in [0.717, 1.165) is 5.88 Å². The molecule has 0 unspecified atom stereocenters. The molecule has 0 amide bonds. The molecule has 0 spiro atoms. The summed E-state index contributed by atoms with van der Waals surface area (Å²) in [4.78, 5) is 2.49. The zero-order valence-corrected chi connectivity index (χ0v) is 17.7. The Morgan fingerprint density at radius 3 is 1.21 bits per heavy atom. The number of halogens is 1. The van der Waals surface area contributed by atoms with Crippen molar-refractivity contribution in [1.82, 2.24) is 4.90 Å². The fourth-order valence-corrected chi connectivity index (χ4v) is 3.53. The third kappa shape index (κ3) is 20.3. The van der Waals surface area contributed by atoms with Crippen molar-refractivity contribution in [3.8, 4) is 0 Å². The average Bonchev–Trinajstić information content (AvgIpc) is 2.59. The molecule has 0 N–H and O–H groups in total. The van der Waals surface area contributed by atoms with Crippen LogP contribution in [0.25, 0.3) is 0 Å². The summed E-state index contributed by atoms with van der Waals surface area (Å²) in [5.74, 6) is 0.822. The highest BCUT2D eigenvalue weighted by atomic mass is 35.5. The van der Waals surface area contributed by atoms with Crippen molar-refractivity contribution in [3.63, 3.8) is 0 Å². The molecule has 2 heteroatoms. The predicted octanol–water partition coefficient (Wildman–Crippen LogP) is 7.81. The Morgan fingerprint density at radius 1 is 0.500 bits per heavy atom. The van der Waals surface area contributed by atoms with Gasteiger partial charge in [0.1, 0.15) is 0 Å². The highest BCUT2D eigenvalue weighted by Crippen LogP contribution is 2.13. The number of rotatable bonds is 20. The van der Waals surface area contributed by atoms with E-state index in [1.807, 2.05) is 0 Å². The topological polar surface area (TPSA) is 3.24 Å². The van der Waals surface area contributed by atoms with Crippen LogP contribution in [0.1, 0.15) is 116 Å². The third-order valence-electron chi connectivity index (χ3n) is 5.07. The van der Waals surface area contributed by atoms with E-state index in [1.165, 1.54) is 122 Å². The van der Waals surface area contributed by atoms with Crippen LogP contribution >= 0.6 is 11.6 Å². The molecule has 0 fully saturated rings. The lowest BCUT2D eigenvalue weighted by atomic mass is 10.0. The van der Waals surface area contributed by atoms with Crippen LogP contribution in [0.15, 0.2) is 0 Å². The number of hydrogen-bond acceptors (Lipinski definition) is 1. The summed E-state index contributed by atoms with van der Waals surface area (Å²) in [6.45, 7) is 4.82. The summed E-state index contributed by atoms with van der Waals surface area (Å²) >= 11 is 5.71. The largest absolute Gasteiger partial charge is 0.306 e. The Balaban J connectivity index is 3.06. The first kappa shape index (κ1) is 24.2. The lowest BCUT2D eigenvalue weighted by molar-refractivity contribution is 0.316. The van der Waals surface area contributed by atoms with E-state index in [0.29, 0.717) is 0 Å². The molecule has 0 saturated carbocycles. The quantitative estimate of drug-likeness (QED) is 0.158. The molecule has 0 rings (SSSR count). The van der Waals surface area contributed by atoms with Gasteiger partial charge in [0.25, 0.3) is 0 Å². The fraction of sp³-hybridized carbons (Fsp3) is 1.00. The maximum atomic E-state index is 5.71. The van der Waals surface area contributed by atoms with E-state index in [1.54, 1.807) is 0 Å². The molecule has 0 aliphatic heterocycles. The van der Waals surface area contributed by atoms with Crippen molar-refractivity contribution in [3.05, 3.63) is 0 Å². The number of alkyl halides is 1. The molecule has 0 aliphatic carbocycles. The molecule has 0 saturated heterocycles. The highest BCUT2D eigenvalue weighted by Gasteiger charge is 1.98. The van der Waals surface area contributed by atoms with Crippen LogP contribution in [0.2, 0.25) is 0 Å². The maximum Gasteiger partial charge on any atom is 0.0223 e. The van der Waals surface area contributed by atoms with Gasteiger partial charge in [0.15, 0.2) is 0 Å². The zero-order valence-electron chi connectivity index (χ0n) is 17.0. The molecule has 146 valence electrons. The summed E-state index contributed by atoms with van der Waals surface area (Å²) in [6.07, 6.45) is 24.0. The van der Waals surface area contributed by atoms with Crippen LogP contribution < -0.4 is 0 Å². The van der Waals surface area contributed by atoms with Crippen LogP contribution in [-0.4, -0.2) is 30.9 Å². The molecule has 0 aromatic heterocycles.